The lowest BCUT2D eigenvalue weighted by Crippen LogP contribution is -2.15. The molecule has 0 saturated carbocycles. The number of anilines is 1. The first kappa shape index (κ1) is 10.4. The second kappa shape index (κ2) is 3.94. The van der Waals surface area contributed by atoms with Crippen LogP contribution in [0.25, 0.3) is 11.0 Å². The summed E-state index contributed by atoms with van der Waals surface area (Å²) in [6.45, 7) is 0.0345. The summed E-state index contributed by atoms with van der Waals surface area (Å²) >= 11 is 0. The Hall–Kier alpha value is -1.73. The fraction of sp³-hybridized carbons (Fsp3) is 0.500. The first-order valence-corrected chi connectivity index (χ1v) is 5.51. The molecular weight excluding hydrogens is 222 g/mol. The van der Waals surface area contributed by atoms with Crippen molar-refractivity contribution in [1.29, 1.82) is 0 Å². The van der Waals surface area contributed by atoms with Crippen molar-refractivity contribution in [3.8, 4) is 0 Å². The lowest BCUT2D eigenvalue weighted by Gasteiger charge is -2.12. The van der Waals surface area contributed by atoms with Crippen LogP contribution in [-0.4, -0.2) is 37.8 Å². The Labute approximate surface area is 97.2 Å². The monoisotopic (exact) mass is 235 g/mol. The Bertz CT molecular complexity index is 540. The van der Waals surface area contributed by atoms with E-state index >= 15 is 0 Å². The number of hydrogen-bond acceptors (Lipinski definition) is 6. The maximum atomic E-state index is 9.04. The summed E-state index contributed by atoms with van der Waals surface area (Å²) in [5, 5.41) is 17.1. The molecule has 3 heterocycles. The molecule has 1 aliphatic heterocycles. The summed E-state index contributed by atoms with van der Waals surface area (Å²) in [7, 11) is 0. The van der Waals surface area contributed by atoms with Gasteiger partial charge in [0.05, 0.1) is 18.2 Å². The van der Waals surface area contributed by atoms with E-state index in [0.717, 1.165) is 18.4 Å². The highest BCUT2D eigenvalue weighted by Gasteiger charge is 2.28. The van der Waals surface area contributed by atoms with Crippen LogP contribution in [0.3, 0.4) is 0 Å². The minimum absolute atomic E-state index is 0.0345. The van der Waals surface area contributed by atoms with Crippen LogP contribution in [0.1, 0.15) is 19.1 Å². The highest BCUT2D eigenvalue weighted by Crippen LogP contribution is 2.30. The molecule has 7 nitrogen and oxygen atoms in total. The second-order valence-electron chi connectivity index (χ2n) is 4.07. The Morgan fingerprint density at radius 3 is 3.18 bits per heavy atom. The van der Waals surface area contributed by atoms with Gasteiger partial charge in [-0.15, -0.1) is 5.10 Å². The van der Waals surface area contributed by atoms with Crippen molar-refractivity contribution in [2.45, 2.75) is 25.2 Å². The third-order valence-corrected chi connectivity index (χ3v) is 2.98. The Morgan fingerprint density at radius 2 is 2.41 bits per heavy atom. The topological polar surface area (TPSA) is 99.1 Å². The average Bonchev–Trinajstić information content (AvgIpc) is 2.94. The Morgan fingerprint density at radius 1 is 1.53 bits per heavy atom. The number of aliphatic hydroxyl groups is 1. The van der Waals surface area contributed by atoms with E-state index in [4.69, 9.17) is 15.6 Å². The van der Waals surface area contributed by atoms with Crippen molar-refractivity contribution >= 4 is 16.9 Å². The average molecular weight is 235 g/mol. The summed E-state index contributed by atoms with van der Waals surface area (Å²) in [6, 6.07) is 1.81. The molecule has 7 heteroatoms. The number of nitrogen functional groups attached to an aromatic ring is 1. The SMILES string of the molecule is Nc1nccc2c1nnn2[C@H]1CC[C@@H](CO)O1. The Balaban J connectivity index is 1.99. The van der Waals surface area contributed by atoms with Gasteiger partial charge in [0.15, 0.2) is 17.6 Å². The number of nitrogens with zero attached hydrogens (tertiary/aromatic N) is 4. The van der Waals surface area contributed by atoms with E-state index in [1.807, 2.05) is 0 Å². The normalized spacial score (nSPS) is 24.5. The van der Waals surface area contributed by atoms with Crippen LogP contribution in [-0.2, 0) is 4.74 Å². The van der Waals surface area contributed by atoms with E-state index in [0.29, 0.717) is 11.3 Å². The van der Waals surface area contributed by atoms with Crippen LogP contribution in [0, 0.1) is 0 Å². The molecule has 1 aliphatic rings. The van der Waals surface area contributed by atoms with Gasteiger partial charge in [-0.05, 0) is 18.9 Å². The molecule has 90 valence electrons. The number of pyridine rings is 1. The fourth-order valence-electron chi connectivity index (χ4n) is 2.10. The summed E-state index contributed by atoms with van der Waals surface area (Å²) in [5.41, 5.74) is 7.11. The lowest BCUT2D eigenvalue weighted by atomic mass is 10.2. The van der Waals surface area contributed by atoms with Crippen molar-refractivity contribution < 1.29 is 9.84 Å². The Kier molecular flexibility index (Phi) is 2.41. The highest BCUT2D eigenvalue weighted by molar-refractivity contribution is 5.83. The van der Waals surface area contributed by atoms with Crippen LogP contribution in [0.2, 0.25) is 0 Å². The molecule has 3 N–H and O–H groups in total. The predicted molar refractivity (Wildman–Crippen MR) is 60.0 cm³/mol. The third-order valence-electron chi connectivity index (χ3n) is 2.98. The number of aliphatic hydroxyl groups excluding tert-OH is 1. The quantitative estimate of drug-likeness (QED) is 0.764. The van der Waals surface area contributed by atoms with Gasteiger partial charge in [-0.2, -0.15) is 0 Å². The van der Waals surface area contributed by atoms with Gasteiger partial charge in [-0.1, -0.05) is 5.21 Å². The summed E-state index contributed by atoms with van der Waals surface area (Å²) < 4.78 is 7.35. The largest absolute Gasteiger partial charge is 0.394 e. The molecule has 0 aromatic carbocycles. The van der Waals surface area contributed by atoms with Crippen molar-refractivity contribution in [2.75, 3.05) is 12.3 Å². The van der Waals surface area contributed by atoms with Gasteiger partial charge in [0.1, 0.15) is 0 Å². The zero-order chi connectivity index (χ0) is 11.8. The van der Waals surface area contributed by atoms with Crippen molar-refractivity contribution in [2.24, 2.45) is 0 Å². The molecule has 3 rings (SSSR count). The molecule has 1 fully saturated rings. The van der Waals surface area contributed by atoms with Crippen LogP contribution >= 0.6 is 0 Å². The maximum Gasteiger partial charge on any atom is 0.155 e. The van der Waals surface area contributed by atoms with Gasteiger partial charge in [0.2, 0.25) is 0 Å². The van der Waals surface area contributed by atoms with Gasteiger partial charge in [0, 0.05) is 6.20 Å². The van der Waals surface area contributed by atoms with Crippen molar-refractivity contribution in [1.82, 2.24) is 20.0 Å². The molecule has 0 spiro atoms. The first-order chi connectivity index (χ1) is 8.29. The van der Waals surface area contributed by atoms with E-state index in [1.165, 1.54) is 0 Å². The molecule has 2 atom stereocenters. The van der Waals surface area contributed by atoms with Crippen LogP contribution in [0.4, 0.5) is 5.82 Å². The summed E-state index contributed by atoms with van der Waals surface area (Å²) in [5.74, 6) is 0.366. The van der Waals surface area contributed by atoms with E-state index in [9.17, 15) is 0 Å². The van der Waals surface area contributed by atoms with Gasteiger partial charge in [0.25, 0.3) is 0 Å². The first-order valence-electron chi connectivity index (χ1n) is 5.51. The van der Waals surface area contributed by atoms with E-state index < -0.39 is 0 Å². The van der Waals surface area contributed by atoms with Gasteiger partial charge in [-0.3, -0.25) is 0 Å². The van der Waals surface area contributed by atoms with Crippen LogP contribution < -0.4 is 5.73 Å². The zero-order valence-corrected chi connectivity index (χ0v) is 9.15. The van der Waals surface area contributed by atoms with Crippen LogP contribution in [0.5, 0.6) is 0 Å². The number of rotatable bonds is 2. The molecule has 0 radical (unpaired) electrons. The molecule has 0 bridgehead atoms. The number of hydrogen-bond donors (Lipinski definition) is 2. The van der Waals surface area contributed by atoms with Gasteiger partial charge in [-0.25, -0.2) is 9.67 Å². The van der Waals surface area contributed by atoms with Gasteiger partial charge < -0.3 is 15.6 Å². The minimum atomic E-state index is -0.182. The van der Waals surface area contributed by atoms with E-state index in [2.05, 4.69) is 15.3 Å². The lowest BCUT2D eigenvalue weighted by molar-refractivity contribution is -0.0268. The van der Waals surface area contributed by atoms with Crippen molar-refractivity contribution in [3.05, 3.63) is 12.3 Å². The smallest absolute Gasteiger partial charge is 0.155 e. The number of aromatic nitrogens is 4. The number of nitrogens with two attached hydrogens (primary N) is 1. The molecule has 17 heavy (non-hydrogen) atoms. The van der Waals surface area contributed by atoms with Gasteiger partial charge >= 0.3 is 0 Å². The highest BCUT2D eigenvalue weighted by atomic mass is 16.5. The maximum absolute atomic E-state index is 9.04. The zero-order valence-electron chi connectivity index (χ0n) is 9.15. The van der Waals surface area contributed by atoms with E-state index in [-0.39, 0.29) is 18.9 Å². The second-order valence-corrected chi connectivity index (χ2v) is 4.07. The molecular formula is C10H13N5O2. The van der Waals surface area contributed by atoms with Crippen molar-refractivity contribution in [3.63, 3.8) is 0 Å². The molecule has 2 aromatic heterocycles. The minimum Gasteiger partial charge on any atom is -0.394 e. The molecule has 0 unspecified atom stereocenters. The molecule has 0 aliphatic carbocycles. The molecule has 0 amide bonds. The molecule has 1 saturated heterocycles. The number of fused-ring (bicyclic) bond motifs is 1. The standard InChI is InChI=1S/C10H13N5O2/c11-10-9-7(3-4-12-10)15(14-13-9)8-2-1-6(5-16)17-8/h3-4,6,8,16H,1-2,5H2,(H2,11,12)/t6-,8+/m0/s1. The summed E-state index contributed by atoms with van der Waals surface area (Å²) in [6.07, 6.45) is 2.96. The van der Waals surface area contributed by atoms with Crippen LogP contribution in [0.15, 0.2) is 12.3 Å². The molecule has 2 aromatic rings. The fourth-order valence-corrected chi connectivity index (χ4v) is 2.10. The third kappa shape index (κ3) is 1.63. The summed E-state index contributed by atoms with van der Waals surface area (Å²) in [4.78, 5) is 3.96. The van der Waals surface area contributed by atoms with E-state index in [1.54, 1.807) is 16.9 Å². The predicted octanol–water partition coefficient (Wildman–Crippen LogP) is 0.0784. The number of ether oxygens (including phenoxy) is 1.